The lowest BCUT2D eigenvalue weighted by atomic mass is 10.3. The molecule has 0 atom stereocenters. The highest BCUT2D eigenvalue weighted by molar-refractivity contribution is 7.21. The van der Waals surface area contributed by atoms with Crippen LogP contribution in [0.1, 0.15) is 22.2 Å². The van der Waals surface area contributed by atoms with Crippen molar-refractivity contribution in [2.24, 2.45) is 0 Å². The van der Waals surface area contributed by atoms with Crippen molar-refractivity contribution in [1.29, 1.82) is 0 Å². The summed E-state index contributed by atoms with van der Waals surface area (Å²) in [4.78, 5) is 17.8. The third-order valence-corrected chi connectivity index (χ3v) is 5.07. The van der Waals surface area contributed by atoms with Crippen LogP contribution in [-0.2, 0) is 6.42 Å². The Morgan fingerprint density at radius 3 is 2.95 bits per heavy atom. The molecule has 6 heteroatoms. The van der Waals surface area contributed by atoms with Crippen molar-refractivity contribution in [3.05, 3.63) is 40.3 Å². The molecule has 3 heterocycles. The number of aromatic nitrogens is 1. The average Bonchev–Trinajstić information content (AvgIpc) is 3.17. The molecule has 0 aliphatic heterocycles. The second-order valence-corrected chi connectivity index (χ2v) is 6.19. The first kappa shape index (κ1) is 13.1. The highest BCUT2D eigenvalue weighted by Gasteiger charge is 2.14. The Bertz CT molecular complexity index is 754. The summed E-state index contributed by atoms with van der Waals surface area (Å²) in [5, 5.41) is 11.7. The maximum absolute atomic E-state index is 10.8. The van der Waals surface area contributed by atoms with E-state index in [0.717, 1.165) is 16.3 Å². The van der Waals surface area contributed by atoms with E-state index in [1.54, 1.807) is 11.3 Å². The van der Waals surface area contributed by atoms with E-state index < -0.39 is 5.97 Å². The van der Waals surface area contributed by atoms with E-state index in [0.29, 0.717) is 11.5 Å². The third-order valence-electron chi connectivity index (χ3n) is 2.82. The lowest BCUT2D eigenvalue weighted by Gasteiger charge is -1.89. The van der Waals surface area contributed by atoms with E-state index in [9.17, 15) is 4.79 Å². The van der Waals surface area contributed by atoms with Gasteiger partial charge in [0.25, 0.3) is 0 Å². The van der Waals surface area contributed by atoms with Crippen molar-refractivity contribution in [2.45, 2.75) is 13.3 Å². The number of rotatable bonds is 4. The predicted octanol–water partition coefficient (Wildman–Crippen LogP) is 4.39. The minimum atomic E-state index is -0.999. The van der Waals surface area contributed by atoms with Crippen LogP contribution in [0.3, 0.4) is 0 Å². The fourth-order valence-electron chi connectivity index (χ4n) is 1.77. The van der Waals surface area contributed by atoms with Gasteiger partial charge in [-0.1, -0.05) is 6.92 Å². The van der Waals surface area contributed by atoms with E-state index in [4.69, 9.17) is 9.52 Å². The zero-order valence-electron chi connectivity index (χ0n) is 10.6. The topological polar surface area (TPSA) is 63.3 Å². The molecule has 0 fully saturated rings. The number of thiazole rings is 1. The molecule has 3 aromatic heterocycles. The fraction of sp³-hybridized carbons (Fsp3) is 0.143. The van der Waals surface area contributed by atoms with Crippen molar-refractivity contribution in [2.75, 3.05) is 0 Å². The largest absolute Gasteiger partial charge is 0.478 e. The van der Waals surface area contributed by atoms with Crippen molar-refractivity contribution in [1.82, 2.24) is 4.98 Å². The quantitative estimate of drug-likeness (QED) is 0.776. The van der Waals surface area contributed by atoms with Crippen LogP contribution in [0.2, 0.25) is 0 Å². The van der Waals surface area contributed by atoms with Crippen molar-refractivity contribution >= 4 is 28.6 Å². The summed E-state index contributed by atoms with van der Waals surface area (Å²) in [5.41, 5.74) is 0.808. The van der Waals surface area contributed by atoms with Crippen molar-refractivity contribution < 1.29 is 14.3 Å². The molecule has 20 heavy (non-hydrogen) atoms. The predicted molar refractivity (Wildman–Crippen MR) is 79.5 cm³/mol. The summed E-state index contributed by atoms with van der Waals surface area (Å²) >= 11 is 3.26. The van der Waals surface area contributed by atoms with Gasteiger partial charge in [-0.05, 0) is 18.6 Å². The summed E-state index contributed by atoms with van der Waals surface area (Å²) in [5.74, 6) is -0.515. The number of carboxylic acid groups (broad SMARTS) is 1. The van der Waals surface area contributed by atoms with Crippen LogP contribution in [0, 0.1) is 0 Å². The standard InChI is InChI=1S/C14H11NO3S2/c1-2-9-3-4-12(20-9)13-15-10(7-19-13)11-5-8(6-18-11)14(16)17/h3-7H,2H2,1H3,(H,16,17). The number of nitrogens with zero attached hydrogens (tertiary/aromatic N) is 1. The van der Waals surface area contributed by atoms with Crippen LogP contribution in [0.25, 0.3) is 21.3 Å². The number of carbonyl (C=O) groups is 1. The molecule has 0 unspecified atom stereocenters. The molecule has 3 rings (SSSR count). The molecule has 0 aliphatic rings. The molecule has 4 nitrogen and oxygen atoms in total. The summed E-state index contributed by atoms with van der Waals surface area (Å²) < 4.78 is 5.25. The first-order chi connectivity index (χ1) is 9.67. The maximum Gasteiger partial charge on any atom is 0.338 e. The zero-order chi connectivity index (χ0) is 14.1. The molecule has 1 N–H and O–H groups in total. The van der Waals surface area contributed by atoms with Gasteiger partial charge in [-0.2, -0.15) is 0 Å². The van der Waals surface area contributed by atoms with Gasteiger partial charge >= 0.3 is 5.97 Å². The summed E-state index contributed by atoms with van der Waals surface area (Å²) in [6.07, 6.45) is 2.25. The third kappa shape index (κ3) is 2.39. The molecular weight excluding hydrogens is 294 g/mol. The number of hydrogen-bond acceptors (Lipinski definition) is 5. The smallest absolute Gasteiger partial charge is 0.338 e. The highest BCUT2D eigenvalue weighted by atomic mass is 32.1. The monoisotopic (exact) mass is 305 g/mol. The van der Waals surface area contributed by atoms with E-state index in [1.165, 1.54) is 28.5 Å². The normalized spacial score (nSPS) is 10.8. The number of hydrogen-bond donors (Lipinski definition) is 1. The van der Waals surface area contributed by atoms with Crippen LogP contribution < -0.4 is 0 Å². The Labute approximate surface area is 123 Å². The molecule has 0 radical (unpaired) electrons. The fourth-order valence-corrected chi connectivity index (χ4v) is 3.59. The molecule has 0 bridgehead atoms. The van der Waals surface area contributed by atoms with Crippen LogP contribution in [0.5, 0.6) is 0 Å². The first-order valence-electron chi connectivity index (χ1n) is 6.04. The average molecular weight is 305 g/mol. The number of aryl methyl sites for hydroxylation is 1. The van der Waals surface area contributed by atoms with E-state index in [1.807, 2.05) is 5.38 Å². The van der Waals surface area contributed by atoms with Gasteiger partial charge in [-0.3, -0.25) is 0 Å². The molecule has 0 amide bonds. The molecule has 0 spiro atoms. The molecule has 102 valence electrons. The molecule has 0 aromatic carbocycles. The lowest BCUT2D eigenvalue weighted by molar-refractivity contribution is 0.0696. The van der Waals surface area contributed by atoms with Gasteiger partial charge in [0, 0.05) is 16.3 Å². The van der Waals surface area contributed by atoms with Crippen molar-refractivity contribution in [3.63, 3.8) is 0 Å². The van der Waals surface area contributed by atoms with Crippen LogP contribution in [0.15, 0.2) is 34.3 Å². The zero-order valence-corrected chi connectivity index (χ0v) is 12.3. The van der Waals surface area contributed by atoms with Crippen LogP contribution in [-0.4, -0.2) is 16.1 Å². The number of furan rings is 1. The Balaban J connectivity index is 1.90. The Morgan fingerprint density at radius 1 is 1.45 bits per heavy atom. The lowest BCUT2D eigenvalue weighted by Crippen LogP contribution is -1.91. The minimum Gasteiger partial charge on any atom is -0.478 e. The number of thiophene rings is 1. The summed E-state index contributed by atoms with van der Waals surface area (Å²) in [6.45, 7) is 2.12. The van der Waals surface area contributed by atoms with E-state index in [2.05, 4.69) is 24.0 Å². The second-order valence-electron chi connectivity index (χ2n) is 4.16. The summed E-state index contributed by atoms with van der Waals surface area (Å²) in [7, 11) is 0. The van der Waals surface area contributed by atoms with Crippen LogP contribution >= 0.6 is 22.7 Å². The first-order valence-corrected chi connectivity index (χ1v) is 7.74. The van der Waals surface area contributed by atoms with Crippen molar-refractivity contribution in [3.8, 4) is 21.3 Å². The Kier molecular flexibility index (Phi) is 3.42. The maximum atomic E-state index is 10.8. The number of carboxylic acids is 1. The van der Waals surface area contributed by atoms with Gasteiger partial charge in [0.1, 0.15) is 17.0 Å². The second kappa shape index (κ2) is 5.22. The van der Waals surface area contributed by atoms with E-state index >= 15 is 0 Å². The Morgan fingerprint density at radius 2 is 2.30 bits per heavy atom. The minimum absolute atomic E-state index is 0.138. The Hall–Kier alpha value is -1.92. The summed E-state index contributed by atoms with van der Waals surface area (Å²) in [6, 6.07) is 5.67. The SMILES string of the molecule is CCc1ccc(-c2nc(-c3cc(C(=O)O)co3)cs2)s1. The molecule has 3 aromatic rings. The van der Waals surface area contributed by atoms with Gasteiger partial charge in [0.15, 0.2) is 5.76 Å². The van der Waals surface area contributed by atoms with E-state index in [-0.39, 0.29) is 5.56 Å². The molecule has 0 saturated heterocycles. The number of aromatic carboxylic acids is 1. The van der Waals surface area contributed by atoms with Gasteiger partial charge in [0.2, 0.25) is 0 Å². The van der Waals surface area contributed by atoms with Gasteiger partial charge < -0.3 is 9.52 Å². The van der Waals surface area contributed by atoms with Gasteiger partial charge in [-0.25, -0.2) is 9.78 Å². The van der Waals surface area contributed by atoms with Gasteiger partial charge in [-0.15, -0.1) is 22.7 Å². The highest BCUT2D eigenvalue weighted by Crippen LogP contribution is 2.33. The molecule has 0 saturated carbocycles. The molecular formula is C14H11NO3S2. The van der Waals surface area contributed by atoms with Gasteiger partial charge in [0.05, 0.1) is 10.4 Å². The molecule has 0 aliphatic carbocycles. The van der Waals surface area contributed by atoms with Crippen LogP contribution in [0.4, 0.5) is 0 Å².